The Balaban J connectivity index is 2.64. The minimum absolute atomic E-state index is 0.00356. The van der Waals surface area contributed by atoms with Crippen LogP contribution in [0.1, 0.15) is 19.3 Å². The molecule has 0 aliphatic rings. The maximum atomic E-state index is 12.4. The van der Waals surface area contributed by atoms with Gasteiger partial charge in [0.2, 0.25) is 5.91 Å². The Kier molecular flexibility index (Phi) is 6.71. The third-order valence-electron chi connectivity index (χ3n) is 2.17. The van der Waals surface area contributed by atoms with Crippen LogP contribution in [0.15, 0.2) is 29.2 Å². The second kappa shape index (κ2) is 7.79. The summed E-state index contributed by atoms with van der Waals surface area (Å²) in [6.07, 6.45) is 1.86. The number of alkyl halides is 4. The van der Waals surface area contributed by atoms with Gasteiger partial charge >= 0.3 is 5.51 Å². The molecule has 7 heteroatoms. The Morgan fingerprint density at radius 1 is 1.26 bits per heavy atom. The molecule has 0 bridgehead atoms. The first-order valence-electron chi connectivity index (χ1n) is 5.63. The van der Waals surface area contributed by atoms with Gasteiger partial charge in [0, 0.05) is 16.6 Å². The van der Waals surface area contributed by atoms with Gasteiger partial charge in [0.1, 0.15) is 0 Å². The summed E-state index contributed by atoms with van der Waals surface area (Å²) in [5.41, 5.74) is -4.16. The molecule has 0 heterocycles. The minimum Gasteiger partial charge on any atom is -0.325 e. The zero-order valence-corrected chi connectivity index (χ0v) is 12.4. The van der Waals surface area contributed by atoms with E-state index in [1.807, 2.05) is 0 Å². The van der Waals surface area contributed by atoms with Crippen molar-refractivity contribution >= 4 is 39.3 Å². The number of halogens is 4. The fourth-order valence-electron chi connectivity index (χ4n) is 1.38. The van der Waals surface area contributed by atoms with E-state index in [0.29, 0.717) is 12.8 Å². The van der Waals surface area contributed by atoms with E-state index in [2.05, 4.69) is 21.2 Å². The van der Waals surface area contributed by atoms with Crippen LogP contribution >= 0.6 is 27.7 Å². The Bertz CT molecular complexity index is 426. The van der Waals surface area contributed by atoms with Gasteiger partial charge < -0.3 is 5.32 Å². The largest absolute Gasteiger partial charge is 0.446 e. The van der Waals surface area contributed by atoms with Gasteiger partial charge in [0.05, 0.1) is 5.69 Å². The lowest BCUT2D eigenvalue weighted by molar-refractivity contribution is -0.116. The van der Waals surface area contributed by atoms with E-state index in [9.17, 15) is 18.0 Å². The number of benzene rings is 1. The molecule has 2 nitrogen and oxygen atoms in total. The first-order valence-corrected chi connectivity index (χ1v) is 7.57. The summed E-state index contributed by atoms with van der Waals surface area (Å²) in [4.78, 5) is 11.6. The maximum absolute atomic E-state index is 12.4. The molecular weight excluding hydrogens is 343 g/mol. The highest BCUT2D eigenvalue weighted by molar-refractivity contribution is 9.09. The van der Waals surface area contributed by atoms with Gasteiger partial charge in [0.25, 0.3) is 0 Å². The van der Waals surface area contributed by atoms with Crippen LogP contribution in [-0.2, 0) is 4.79 Å². The first kappa shape index (κ1) is 16.4. The molecule has 1 N–H and O–H groups in total. The quantitative estimate of drug-likeness (QED) is 0.451. The van der Waals surface area contributed by atoms with E-state index in [-0.39, 0.29) is 28.3 Å². The van der Waals surface area contributed by atoms with Crippen molar-refractivity contribution in [3.8, 4) is 0 Å². The summed E-state index contributed by atoms with van der Waals surface area (Å²) in [5, 5.41) is 3.32. The molecule has 0 unspecified atom stereocenters. The lowest BCUT2D eigenvalue weighted by atomic mass is 10.2. The summed E-state index contributed by atoms with van der Waals surface area (Å²) in [7, 11) is 0. The Hall–Kier alpha value is -0.690. The predicted molar refractivity (Wildman–Crippen MR) is 74.6 cm³/mol. The van der Waals surface area contributed by atoms with E-state index >= 15 is 0 Å². The topological polar surface area (TPSA) is 29.1 Å². The molecule has 19 heavy (non-hydrogen) atoms. The lowest BCUT2D eigenvalue weighted by Crippen LogP contribution is -2.12. The molecule has 0 saturated heterocycles. The molecule has 0 aliphatic heterocycles. The summed E-state index contributed by atoms with van der Waals surface area (Å²) in [6.45, 7) is 0. The van der Waals surface area contributed by atoms with Crippen molar-refractivity contribution in [2.45, 2.75) is 29.7 Å². The van der Waals surface area contributed by atoms with Crippen LogP contribution in [0, 0.1) is 0 Å². The number of carbonyl (C=O) groups excluding carboxylic acids is 1. The van der Waals surface area contributed by atoms with Crippen molar-refractivity contribution in [2.24, 2.45) is 0 Å². The first-order chi connectivity index (χ1) is 8.92. The number of carbonyl (C=O) groups is 1. The highest BCUT2D eigenvalue weighted by atomic mass is 79.9. The molecule has 0 aromatic heterocycles. The highest BCUT2D eigenvalue weighted by Gasteiger charge is 2.30. The molecule has 1 aromatic carbocycles. The average Bonchev–Trinajstić information content (AvgIpc) is 2.30. The second-order valence-corrected chi connectivity index (χ2v) is 5.64. The summed E-state index contributed by atoms with van der Waals surface area (Å²) < 4.78 is 37.1. The van der Waals surface area contributed by atoms with Gasteiger partial charge in [0.15, 0.2) is 0 Å². The van der Waals surface area contributed by atoms with Gasteiger partial charge in [-0.2, -0.15) is 13.2 Å². The van der Waals surface area contributed by atoms with Gasteiger partial charge in [-0.15, -0.1) is 0 Å². The predicted octanol–water partition coefficient (Wildman–Crippen LogP) is 4.80. The van der Waals surface area contributed by atoms with Crippen molar-refractivity contribution < 1.29 is 18.0 Å². The van der Waals surface area contributed by atoms with Crippen LogP contribution in [0.25, 0.3) is 0 Å². The number of anilines is 1. The number of thioether (sulfide) groups is 1. The molecule has 1 rings (SSSR count). The van der Waals surface area contributed by atoms with Crippen LogP contribution in [0.3, 0.4) is 0 Å². The number of amides is 1. The third kappa shape index (κ3) is 6.87. The van der Waals surface area contributed by atoms with Gasteiger partial charge in [-0.25, -0.2) is 0 Å². The van der Waals surface area contributed by atoms with E-state index < -0.39 is 5.51 Å². The zero-order valence-electron chi connectivity index (χ0n) is 9.97. The summed E-state index contributed by atoms with van der Waals surface area (Å²) >= 11 is 3.03. The number of rotatable bonds is 6. The highest BCUT2D eigenvalue weighted by Crippen LogP contribution is 2.40. The van der Waals surface area contributed by atoms with Crippen LogP contribution in [0.2, 0.25) is 0 Å². The molecule has 0 saturated carbocycles. The van der Waals surface area contributed by atoms with E-state index in [1.54, 1.807) is 6.07 Å². The zero-order chi connectivity index (χ0) is 14.3. The van der Waals surface area contributed by atoms with Crippen LogP contribution < -0.4 is 5.32 Å². The Morgan fingerprint density at radius 3 is 2.58 bits per heavy atom. The number of unbranched alkanes of at least 4 members (excludes halogenated alkanes) is 1. The Morgan fingerprint density at radius 2 is 1.95 bits per heavy atom. The van der Waals surface area contributed by atoms with Crippen LogP contribution in [0.5, 0.6) is 0 Å². The molecule has 106 valence electrons. The summed E-state index contributed by atoms with van der Waals surface area (Å²) in [5.74, 6) is -0.267. The molecule has 1 amide bonds. The molecule has 0 atom stereocenters. The Labute approximate surface area is 122 Å². The normalized spacial score (nSPS) is 11.4. The number of para-hydroxylation sites is 1. The van der Waals surface area contributed by atoms with Crippen molar-refractivity contribution in [1.82, 2.24) is 0 Å². The van der Waals surface area contributed by atoms with E-state index in [1.165, 1.54) is 18.2 Å². The van der Waals surface area contributed by atoms with Crippen molar-refractivity contribution in [1.29, 1.82) is 0 Å². The number of hydrogen-bond donors (Lipinski definition) is 1. The van der Waals surface area contributed by atoms with E-state index in [4.69, 9.17) is 0 Å². The smallest absolute Gasteiger partial charge is 0.325 e. The lowest BCUT2D eigenvalue weighted by Gasteiger charge is -2.12. The fourth-order valence-corrected chi connectivity index (χ4v) is 2.40. The molecule has 1 aromatic rings. The fraction of sp³-hybridized carbons (Fsp3) is 0.417. The van der Waals surface area contributed by atoms with Gasteiger partial charge in [-0.1, -0.05) is 28.1 Å². The van der Waals surface area contributed by atoms with Gasteiger partial charge in [-0.05, 0) is 36.7 Å². The average molecular weight is 356 g/mol. The molecular formula is C12H13BrF3NOS. The maximum Gasteiger partial charge on any atom is 0.446 e. The van der Waals surface area contributed by atoms with Crippen molar-refractivity contribution in [3.63, 3.8) is 0 Å². The number of nitrogens with one attached hydrogen (secondary N) is 1. The molecule has 0 spiro atoms. The standard InChI is InChI=1S/C12H13BrF3NOS/c13-8-4-3-7-11(18)17-9-5-1-2-6-10(9)19-12(14,15)16/h1-2,5-6H,3-4,7-8H2,(H,17,18). The van der Waals surface area contributed by atoms with Crippen molar-refractivity contribution in [3.05, 3.63) is 24.3 Å². The number of hydrogen-bond acceptors (Lipinski definition) is 2. The molecule has 0 aliphatic carbocycles. The third-order valence-corrected chi connectivity index (χ3v) is 3.54. The monoisotopic (exact) mass is 355 g/mol. The minimum atomic E-state index is -4.36. The van der Waals surface area contributed by atoms with Gasteiger partial charge in [-0.3, -0.25) is 4.79 Å². The van der Waals surface area contributed by atoms with E-state index in [0.717, 1.165) is 11.8 Å². The van der Waals surface area contributed by atoms with Crippen molar-refractivity contribution in [2.75, 3.05) is 10.6 Å². The molecule has 0 fully saturated rings. The summed E-state index contributed by atoms with van der Waals surface area (Å²) in [6, 6.07) is 5.91. The van der Waals surface area contributed by atoms with Crippen LogP contribution in [-0.4, -0.2) is 16.7 Å². The SMILES string of the molecule is O=C(CCCCBr)Nc1ccccc1SC(F)(F)F. The van der Waals surface area contributed by atoms with Crippen LogP contribution in [0.4, 0.5) is 18.9 Å². The molecule has 0 radical (unpaired) electrons. The second-order valence-electron chi connectivity index (χ2n) is 3.74.